The molecule has 4 nitrogen and oxygen atoms in total. The molecule has 0 spiro atoms. The van der Waals surface area contributed by atoms with Crippen molar-refractivity contribution in [3.8, 4) is 0 Å². The third kappa shape index (κ3) is 3.78. The Kier molecular flexibility index (Phi) is 4.42. The molecular weight excluding hydrogens is 316 g/mol. The van der Waals surface area contributed by atoms with Crippen LogP contribution in [0.1, 0.15) is 18.4 Å². The molecule has 2 N–H and O–H groups in total. The van der Waals surface area contributed by atoms with Gasteiger partial charge in [-0.05, 0) is 43.5 Å². The molecule has 6 heteroatoms. The molecule has 0 amide bonds. The van der Waals surface area contributed by atoms with Crippen LogP contribution in [0.5, 0.6) is 0 Å². The maximum absolute atomic E-state index is 12.0. The molecular formula is C12H17BrN2O2S. The molecule has 1 saturated carbocycles. The summed E-state index contributed by atoms with van der Waals surface area (Å²) in [6, 6.07) is 5.63. The van der Waals surface area contributed by atoms with Crippen LogP contribution < -0.4 is 10.0 Å². The fourth-order valence-corrected chi connectivity index (χ4v) is 2.98. The number of rotatable bonds is 6. The Morgan fingerprint density at radius 3 is 2.67 bits per heavy atom. The first-order valence-electron chi connectivity index (χ1n) is 5.98. The van der Waals surface area contributed by atoms with Crippen molar-refractivity contribution in [2.45, 2.75) is 30.7 Å². The Bertz CT molecular complexity index is 527. The van der Waals surface area contributed by atoms with E-state index in [1.54, 1.807) is 18.2 Å². The van der Waals surface area contributed by atoms with Crippen LogP contribution in [0.4, 0.5) is 0 Å². The number of benzene rings is 1. The molecule has 0 atom stereocenters. The predicted molar refractivity (Wildman–Crippen MR) is 75.1 cm³/mol. The molecule has 1 aromatic carbocycles. The van der Waals surface area contributed by atoms with Crippen LogP contribution in [0, 0.1) is 6.92 Å². The first kappa shape index (κ1) is 14.0. The van der Waals surface area contributed by atoms with E-state index in [0.29, 0.717) is 24.0 Å². The normalized spacial score (nSPS) is 15.9. The van der Waals surface area contributed by atoms with Crippen LogP contribution in [0.15, 0.2) is 27.6 Å². The molecule has 0 radical (unpaired) electrons. The molecule has 0 aliphatic heterocycles. The van der Waals surface area contributed by atoms with Gasteiger partial charge in [-0.25, -0.2) is 13.1 Å². The largest absolute Gasteiger partial charge is 0.313 e. The summed E-state index contributed by atoms with van der Waals surface area (Å²) in [4.78, 5) is 0.314. The van der Waals surface area contributed by atoms with Crippen molar-refractivity contribution in [1.82, 2.24) is 10.0 Å². The van der Waals surface area contributed by atoms with E-state index < -0.39 is 10.0 Å². The van der Waals surface area contributed by atoms with Gasteiger partial charge in [-0.1, -0.05) is 15.9 Å². The van der Waals surface area contributed by atoms with Crippen LogP contribution in [0.25, 0.3) is 0 Å². The smallest absolute Gasteiger partial charge is 0.240 e. The zero-order valence-corrected chi connectivity index (χ0v) is 12.6. The molecule has 2 rings (SSSR count). The van der Waals surface area contributed by atoms with Crippen LogP contribution >= 0.6 is 15.9 Å². The van der Waals surface area contributed by atoms with Crippen molar-refractivity contribution in [2.24, 2.45) is 0 Å². The second-order valence-electron chi connectivity index (χ2n) is 4.54. The van der Waals surface area contributed by atoms with Crippen molar-refractivity contribution < 1.29 is 8.42 Å². The third-order valence-corrected chi connectivity index (χ3v) is 5.22. The monoisotopic (exact) mass is 332 g/mol. The van der Waals surface area contributed by atoms with Gasteiger partial charge in [-0.3, -0.25) is 0 Å². The first-order valence-corrected chi connectivity index (χ1v) is 8.26. The van der Waals surface area contributed by atoms with E-state index in [2.05, 4.69) is 26.0 Å². The lowest BCUT2D eigenvalue weighted by molar-refractivity contribution is 0.575. The van der Waals surface area contributed by atoms with Gasteiger partial charge in [0, 0.05) is 23.6 Å². The minimum Gasteiger partial charge on any atom is -0.313 e. The second kappa shape index (κ2) is 5.69. The minimum absolute atomic E-state index is 0.314. The lowest BCUT2D eigenvalue weighted by Crippen LogP contribution is -2.32. The van der Waals surface area contributed by atoms with Gasteiger partial charge in [0.2, 0.25) is 10.0 Å². The van der Waals surface area contributed by atoms with E-state index in [1.807, 2.05) is 6.92 Å². The van der Waals surface area contributed by atoms with Crippen LogP contribution in [-0.4, -0.2) is 27.5 Å². The standard InChI is InChI=1S/C12H17BrN2O2S/c1-9-8-11(4-5-12(9)13)18(16,17)15-7-6-14-10-2-3-10/h4-5,8,10,14-15H,2-3,6-7H2,1H3. The van der Waals surface area contributed by atoms with Gasteiger partial charge < -0.3 is 5.32 Å². The minimum atomic E-state index is -3.39. The maximum Gasteiger partial charge on any atom is 0.240 e. The Morgan fingerprint density at radius 2 is 2.06 bits per heavy atom. The Balaban J connectivity index is 1.93. The fraction of sp³-hybridized carbons (Fsp3) is 0.500. The first-order chi connectivity index (χ1) is 8.49. The highest BCUT2D eigenvalue weighted by Crippen LogP contribution is 2.20. The van der Waals surface area contributed by atoms with Crippen molar-refractivity contribution in [3.63, 3.8) is 0 Å². The van der Waals surface area contributed by atoms with Crippen LogP contribution in [0.2, 0.25) is 0 Å². The Hall–Kier alpha value is -0.430. The topological polar surface area (TPSA) is 58.2 Å². The number of nitrogens with one attached hydrogen (secondary N) is 2. The van der Waals surface area contributed by atoms with Gasteiger partial charge in [0.25, 0.3) is 0 Å². The van der Waals surface area contributed by atoms with Gasteiger partial charge in [0.1, 0.15) is 0 Å². The molecule has 0 saturated heterocycles. The maximum atomic E-state index is 12.0. The van der Waals surface area contributed by atoms with Gasteiger partial charge in [-0.2, -0.15) is 0 Å². The number of hydrogen-bond acceptors (Lipinski definition) is 3. The lowest BCUT2D eigenvalue weighted by Gasteiger charge is -2.08. The average molecular weight is 333 g/mol. The summed E-state index contributed by atoms with van der Waals surface area (Å²) in [5.41, 5.74) is 0.911. The molecule has 1 aliphatic carbocycles. The predicted octanol–water partition coefficient (Wildman–Crippen LogP) is 1.79. The SMILES string of the molecule is Cc1cc(S(=O)(=O)NCCNC2CC2)ccc1Br. The number of hydrogen-bond donors (Lipinski definition) is 2. The molecule has 0 aromatic heterocycles. The molecule has 0 bridgehead atoms. The summed E-state index contributed by atoms with van der Waals surface area (Å²) in [6.07, 6.45) is 2.41. The highest BCUT2D eigenvalue weighted by Gasteiger charge is 2.20. The summed E-state index contributed by atoms with van der Waals surface area (Å²) < 4.78 is 27.5. The van der Waals surface area contributed by atoms with Crippen LogP contribution in [0.3, 0.4) is 0 Å². The molecule has 0 unspecified atom stereocenters. The van der Waals surface area contributed by atoms with E-state index in [1.165, 1.54) is 12.8 Å². The quantitative estimate of drug-likeness (QED) is 0.781. The molecule has 100 valence electrons. The van der Waals surface area contributed by atoms with E-state index >= 15 is 0 Å². The molecule has 1 aromatic rings. The van der Waals surface area contributed by atoms with Gasteiger partial charge in [0.05, 0.1) is 4.90 Å². The second-order valence-corrected chi connectivity index (χ2v) is 7.16. The molecule has 0 heterocycles. The molecule has 1 aliphatic rings. The summed E-state index contributed by atoms with van der Waals surface area (Å²) >= 11 is 3.36. The van der Waals surface area contributed by atoms with Crippen LogP contribution in [-0.2, 0) is 10.0 Å². The summed E-state index contributed by atoms with van der Waals surface area (Å²) in [6.45, 7) is 2.98. The Labute approximate surface area is 116 Å². The summed E-state index contributed by atoms with van der Waals surface area (Å²) in [5.74, 6) is 0. The van der Waals surface area contributed by atoms with E-state index in [0.717, 1.165) is 10.0 Å². The lowest BCUT2D eigenvalue weighted by atomic mass is 10.2. The van der Waals surface area contributed by atoms with Crippen molar-refractivity contribution in [2.75, 3.05) is 13.1 Å². The average Bonchev–Trinajstić information content (AvgIpc) is 3.12. The number of sulfonamides is 1. The zero-order chi connectivity index (χ0) is 13.2. The fourth-order valence-electron chi connectivity index (χ4n) is 1.62. The van der Waals surface area contributed by atoms with Crippen molar-refractivity contribution >= 4 is 26.0 Å². The Morgan fingerprint density at radius 1 is 1.33 bits per heavy atom. The van der Waals surface area contributed by atoms with E-state index in [9.17, 15) is 8.42 Å². The highest BCUT2D eigenvalue weighted by atomic mass is 79.9. The molecule has 18 heavy (non-hydrogen) atoms. The summed E-state index contributed by atoms with van der Waals surface area (Å²) in [7, 11) is -3.39. The van der Waals surface area contributed by atoms with E-state index in [-0.39, 0.29) is 0 Å². The summed E-state index contributed by atoms with van der Waals surface area (Å²) in [5, 5.41) is 3.27. The van der Waals surface area contributed by atoms with Gasteiger partial charge in [-0.15, -0.1) is 0 Å². The molecule has 1 fully saturated rings. The third-order valence-electron chi connectivity index (χ3n) is 2.87. The number of aryl methyl sites for hydroxylation is 1. The van der Waals surface area contributed by atoms with Crippen molar-refractivity contribution in [1.29, 1.82) is 0 Å². The zero-order valence-electron chi connectivity index (χ0n) is 10.2. The van der Waals surface area contributed by atoms with E-state index in [4.69, 9.17) is 0 Å². The van der Waals surface area contributed by atoms with Gasteiger partial charge in [0.15, 0.2) is 0 Å². The van der Waals surface area contributed by atoms with Crippen molar-refractivity contribution in [3.05, 3.63) is 28.2 Å². The van der Waals surface area contributed by atoms with Gasteiger partial charge >= 0.3 is 0 Å². The highest BCUT2D eigenvalue weighted by molar-refractivity contribution is 9.10. The number of halogens is 1.